The fraction of sp³-hybridized carbons (Fsp3) is 0.440. The molecule has 2 heterocycles. The molecule has 0 aromatic heterocycles. The van der Waals surface area contributed by atoms with Gasteiger partial charge in [-0.1, -0.05) is 41.9 Å². The Balaban J connectivity index is 1.25. The van der Waals surface area contributed by atoms with Gasteiger partial charge >= 0.3 is 6.03 Å². The molecule has 2 aromatic carbocycles. The van der Waals surface area contributed by atoms with Crippen LogP contribution in [0.4, 0.5) is 9.18 Å². The first-order valence-corrected chi connectivity index (χ1v) is 11.6. The Morgan fingerprint density at radius 3 is 2.34 bits per heavy atom. The van der Waals surface area contributed by atoms with Crippen molar-refractivity contribution in [3.05, 3.63) is 70.0 Å². The number of benzene rings is 2. The molecule has 2 saturated heterocycles. The highest BCUT2D eigenvalue weighted by Gasteiger charge is 2.55. The SMILES string of the molecule is C[C@@]1(C2CCN(Cc3c(F)cccc3Cl)CC2)NC(=O)N(C2Cc3ccccc3C2)C1=O. The van der Waals surface area contributed by atoms with E-state index in [1.807, 2.05) is 19.1 Å². The van der Waals surface area contributed by atoms with Gasteiger partial charge < -0.3 is 5.32 Å². The van der Waals surface area contributed by atoms with E-state index in [4.69, 9.17) is 11.6 Å². The average Bonchev–Trinajstić information content (AvgIpc) is 3.29. The lowest BCUT2D eigenvalue weighted by molar-refractivity contribution is -0.134. The molecule has 0 bridgehead atoms. The van der Waals surface area contributed by atoms with Crippen molar-refractivity contribution in [1.82, 2.24) is 15.1 Å². The van der Waals surface area contributed by atoms with Crippen molar-refractivity contribution in [3.8, 4) is 0 Å². The molecule has 168 valence electrons. The molecule has 1 aliphatic carbocycles. The predicted molar refractivity (Wildman–Crippen MR) is 121 cm³/mol. The number of amides is 3. The number of piperidine rings is 1. The standard InChI is InChI=1S/C25H27ClFN3O2/c1-25(18-9-11-29(12-10-18)15-20-21(26)7-4-8-22(20)27)23(31)30(24(32)28-25)19-13-16-5-2-3-6-17(16)14-19/h2-8,18-19H,9-15H2,1H3,(H,28,32)/t25-/m0/s1. The molecule has 2 fully saturated rings. The maximum atomic E-state index is 14.2. The largest absolute Gasteiger partial charge is 0.325 e. The van der Waals surface area contributed by atoms with E-state index in [-0.39, 0.29) is 29.7 Å². The molecular weight excluding hydrogens is 429 g/mol. The highest BCUT2D eigenvalue weighted by atomic mass is 35.5. The van der Waals surface area contributed by atoms with E-state index in [1.54, 1.807) is 12.1 Å². The van der Waals surface area contributed by atoms with Crippen LogP contribution in [0.15, 0.2) is 42.5 Å². The first-order valence-electron chi connectivity index (χ1n) is 11.2. The van der Waals surface area contributed by atoms with E-state index < -0.39 is 5.54 Å². The minimum Gasteiger partial charge on any atom is -0.323 e. The number of carbonyl (C=O) groups excluding carboxylic acids is 2. The second-order valence-corrected chi connectivity index (χ2v) is 9.80. The lowest BCUT2D eigenvalue weighted by Crippen LogP contribution is -2.54. The highest BCUT2D eigenvalue weighted by molar-refractivity contribution is 6.31. The number of carbonyl (C=O) groups is 2. The second kappa shape index (κ2) is 8.16. The van der Waals surface area contributed by atoms with Crippen molar-refractivity contribution in [2.45, 2.75) is 50.7 Å². The monoisotopic (exact) mass is 455 g/mol. The third-order valence-corrected chi connectivity index (χ3v) is 7.84. The Morgan fingerprint density at radius 2 is 1.72 bits per heavy atom. The summed E-state index contributed by atoms with van der Waals surface area (Å²) in [6.07, 6.45) is 2.95. The van der Waals surface area contributed by atoms with Gasteiger partial charge in [0.2, 0.25) is 0 Å². The van der Waals surface area contributed by atoms with Crippen LogP contribution in [-0.2, 0) is 24.2 Å². The molecule has 1 atom stereocenters. The number of hydrogen-bond acceptors (Lipinski definition) is 3. The summed E-state index contributed by atoms with van der Waals surface area (Å²) in [4.78, 5) is 30.0. The Labute approximate surface area is 192 Å². The van der Waals surface area contributed by atoms with Crippen molar-refractivity contribution in [1.29, 1.82) is 0 Å². The topological polar surface area (TPSA) is 52.7 Å². The fourth-order valence-corrected chi connectivity index (χ4v) is 5.80. The maximum absolute atomic E-state index is 14.2. The molecule has 5 rings (SSSR count). The van der Waals surface area contributed by atoms with E-state index in [0.717, 1.165) is 25.9 Å². The lowest BCUT2D eigenvalue weighted by Gasteiger charge is -2.39. The van der Waals surface area contributed by atoms with Crippen LogP contribution in [0.1, 0.15) is 36.5 Å². The number of nitrogens with zero attached hydrogens (tertiary/aromatic N) is 2. The number of nitrogens with one attached hydrogen (secondary N) is 1. The van der Waals surface area contributed by atoms with Gasteiger partial charge in [-0.05, 0) is 74.9 Å². The Morgan fingerprint density at radius 1 is 1.06 bits per heavy atom. The minimum atomic E-state index is -0.895. The van der Waals surface area contributed by atoms with Gasteiger partial charge in [0.15, 0.2) is 0 Å². The molecule has 0 unspecified atom stereocenters. The number of fused-ring (bicyclic) bond motifs is 1. The molecule has 0 radical (unpaired) electrons. The summed E-state index contributed by atoms with van der Waals surface area (Å²) in [5.74, 6) is -0.367. The Kier molecular flexibility index (Phi) is 5.46. The second-order valence-electron chi connectivity index (χ2n) is 9.39. The molecular formula is C25H27ClFN3O2. The average molecular weight is 456 g/mol. The zero-order chi connectivity index (χ0) is 22.5. The van der Waals surface area contributed by atoms with Crippen LogP contribution in [0.5, 0.6) is 0 Å². The third kappa shape index (κ3) is 3.59. The number of rotatable bonds is 4. The van der Waals surface area contributed by atoms with Gasteiger partial charge in [0.05, 0.1) is 0 Å². The van der Waals surface area contributed by atoms with Crippen LogP contribution >= 0.6 is 11.6 Å². The van der Waals surface area contributed by atoms with Crippen LogP contribution in [0.2, 0.25) is 5.02 Å². The predicted octanol–water partition coefficient (Wildman–Crippen LogP) is 4.17. The third-order valence-electron chi connectivity index (χ3n) is 7.49. The number of hydrogen-bond donors (Lipinski definition) is 1. The summed E-state index contributed by atoms with van der Waals surface area (Å²) < 4.78 is 14.2. The molecule has 0 spiro atoms. The molecule has 32 heavy (non-hydrogen) atoms. The summed E-state index contributed by atoms with van der Waals surface area (Å²) in [7, 11) is 0. The zero-order valence-electron chi connectivity index (χ0n) is 18.1. The number of likely N-dealkylation sites (tertiary alicyclic amines) is 1. The van der Waals surface area contributed by atoms with Crippen molar-refractivity contribution in [2.24, 2.45) is 5.92 Å². The van der Waals surface area contributed by atoms with E-state index in [2.05, 4.69) is 22.3 Å². The van der Waals surface area contributed by atoms with Gasteiger partial charge in [-0.3, -0.25) is 14.6 Å². The van der Waals surface area contributed by atoms with Gasteiger partial charge in [0.1, 0.15) is 11.4 Å². The number of imide groups is 1. The van der Waals surface area contributed by atoms with E-state index >= 15 is 0 Å². The van der Waals surface area contributed by atoms with Crippen LogP contribution < -0.4 is 5.32 Å². The summed E-state index contributed by atoms with van der Waals surface area (Å²) in [6, 6.07) is 12.5. The lowest BCUT2D eigenvalue weighted by atomic mass is 9.78. The van der Waals surface area contributed by atoms with E-state index in [9.17, 15) is 14.0 Å². The molecule has 2 aliphatic heterocycles. The fourth-order valence-electron chi connectivity index (χ4n) is 5.58. The van der Waals surface area contributed by atoms with Crippen molar-refractivity contribution >= 4 is 23.5 Å². The van der Waals surface area contributed by atoms with Crippen LogP contribution in [0, 0.1) is 11.7 Å². The molecule has 3 aliphatic rings. The van der Waals surface area contributed by atoms with Gasteiger partial charge in [0.25, 0.3) is 5.91 Å². The maximum Gasteiger partial charge on any atom is 0.325 e. The summed E-state index contributed by atoms with van der Waals surface area (Å²) in [5, 5.41) is 3.46. The molecule has 0 saturated carbocycles. The van der Waals surface area contributed by atoms with E-state index in [0.29, 0.717) is 30.0 Å². The summed E-state index contributed by atoms with van der Waals surface area (Å²) in [5.41, 5.74) is 2.04. The molecule has 5 nitrogen and oxygen atoms in total. The molecule has 1 N–H and O–H groups in total. The number of halogens is 2. The normalized spacial score (nSPS) is 24.8. The zero-order valence-corrected chi connectivity index (χ0v) is 18.9. The quantitative estimate of drug-likeness (QED) is 0.704. The Bertz CT molecular complexity index is 1020. The van der Waals surface area contributed by atoms with Crippen LogP contribution in [0.3, 0.4) is 0 Å². The number of urea groups is 1. The Hall–Kier alpha value is -2.44. The first-order chi connectivity index (χ1) is 15.4. The minimum absolute atomic E-state index is 0.0417. The van der Waals surface area contributed by atoms with Crippen LogP contribution in [-0.4, -0.2) is 46.4 Å². The van der Waals surface area contributed by atoms with E-state index in [1.165, 1.54) is 22.1 Å². The highest BCUT2D eigenvalue weighted by Crippen LogP contribution is 2.37. The smallest absolute Gasteiger partial charge is 0.323 e. The van der Waals surface area contributed by atoms with Gasteiger partial charge in [0, 0.05) is 23.2 Å². The van der Waals surface area contributed by atoms with Gasteiger partial charge in [-0.2, -0.15) is 0 Å². The van der Waals surface area contributed by atoms with Gasteiger partial charge in [-0.15, -0.1) is 0 Å². The molecule has 2 aromatic rings. The van der Waals surface area contributed by atoms with Crippen molar-refractivity contribution < 1.29 is 14.0 Å². The first kappa shape index (κ1) is 21.4. The van der Waals surface area contributed by atoms with Gasteiger partial charge in [-0.25, -0.2) is 9.18 Å². The summed E-state index contributed by atoms with van der Waals surface area (Å²) in [6.45, 7) is 3.76. The van der Waals surface area contributed by atoms with Crippen molar-refractivity contribution in [2.75, 3.05) is 13.1 Å². The van der Waals surface area contributed by atoms with Crippen molar-refractivity contribution in [3.63, 3.8) is 0 Å². The van der Waals surface area contributed by atoms with Crippen LogP contribution in [0.25, 0.3) is 0 Å². The molecule has 3 amide bonds. The molecule has 7 heteroatoms. The summed E-state index contributed by atoms with van der Waals surface area (Å²) >= 11 is 6.19.